The molecular weight excluding hydrogens is 807 g/mol. The molecule has 0 bridgehead atoms. The van der Waals surface area contributed by atoms with Crippen molar-refractivity contribution in [2.24, 2.45) is 5.73 Å². The first-order valence-corrected chi connectivity index (χ1v) is 21.3. The molecular formula is C44H50ClFN8O7. The van der Waals surface area contributed by atoms with Crippen LogP contribution in [0.4, 0.5) is 21.8 Å². The zero-order valence-electron chi connectivity index (χ0n) is 34.3. The summed E-state index contributed by atoms with van der Waals surface area (Å²) in [5, 5.41) is 5.93. The smallest absolute Gasteiger partial charge is 0.255 e. The number of imide groups is 1. The average molecular weight is 857 g/mol. The fourth-order valence-electron chi connectivity index (χ4n) is 9.07. The molecule has 1 saturated carbocycles. The summed E-state index contributed by atoms with van der Waals surface area (Å²) in [6.07, 6.45) is 9.18. The number of halogens is 2. The topological polar surface area (TPSA) is 189 Å². The van der Waals surface area contributed by atoms with Gasteiger partial charge in [-0.2, -0.15) is 4.98 Å². The van der Waals surface area contributed by atoms with E-state index in [1.807, 2.05) is 25.1 Å². The highest BCUT2D eigenvalue weighted by molar-refractivity contribution is 6.32. The number of carbonyl (C=O) groups excluding carboxylic acids is 5. The van der Waals surface area contributed by atoms with Crippen LogP contribution in [-0.2, 0) is 35.2 Å². The number of hydrogen-bond donors (Lipinski definition) is 3. The molecule has 15 nitrogen and oxygen atoms in total. The summed E-state index contributed by atoms with van der Waals surface area (Å²) in [6.45, 7) is 6.09. The average Bonchev–Trinajstić information content (AvgIpc) is 3.56. The number of Topliss-reactive ketones (excluding diaryl/α,β-unsaturated/α-hetero) is 1. The summed E-state index contributed by atoms with van der Waals surface area (Å²) in [6, 6.07) is 8.72. The van der Waals surface area contributed by atoms with Gasteiger partial charge < -0.3 is 35.2 Å². The lowest BCUT2D eigenvalue weighted by Gasteiger charge is -2.47. The number of allylic oxidation sites excluding steroid dienone is 1. The number of aryl methyl sites for hydroxylation is 1. The third-order valence-electron chi connectivity index (χ3n) is 12.6. The summed E-state index contributed by atoms with van der Waals surface area (Å²) >= 11 is 6.53. The first kappa shape index (κ1) is 42.2. The van der Waals surface area contributed by atoms with E-state index in [0.717, 1.165) is 70.3 Å². The maximum absolute atomic E-state index is 16.0. The van der Waals surface area contributed by atoms with Crippen LogP contribution in [-0.4, -0.2) is 106 Å². The highest BCUT2D eigenvalue weighted by Gasteiger charge is 2.42. The molecule has 4 aliphatic heterocycles. The molecule has 4 fully saturated rings. The van der Waals surface area contributed by atoms with Crippen LogP contribution in [0.15, 0.2) is 42.3 Å². The van der Waals surface area contributed by atoms with Crippen LogP contribution in [0.25, 0.3) is 6.08 Å². The monoisotopic (exact) mass is 856 g/mol. The maximum atomic E-state index is 16.0. The maximum Gasteiger partial charge on any atom is 0.255 e. The van der Waals surface area contributed by atoms with Gasteiger partial charge in [-0.15, -0.1) is 0 Å². The van der Waals surface area contributed by atoms with Gasteiger partial charge in [-0.05, 0) is 112 Å². The SMILES string of the molecule is CC(=O)/C(=C\c1cc(Nc2nc(N3CCC(O[C@H]4C[C@H](N5CCC(c6ccc7c(c6F)CN(C6CCC(=O)NC6=O)C7=O)CC5)C4)CC3)ncc2Cl)ccc1C)OCC(N)=O. The second kappa shape index (κ2) is 17.9. The van der Waals surface area contributed by atoms with Crippen LogP contribution < -0.4 is 21.3 Å². The van der Waals surface area contributed by atoms with Crippen molar-refractivity contribution in [3.05, 3.63) is 80.9 Å². The summed E-state index contributed by atoms with van der Waals surface area (Å²) in [7, 11) is 0. The molecule has 61 heavy (non-hydrogen) atoms. The lowest BCUT2D eigenvalue weighted by molar-refractivity contribution is -0.137. The molecule has 3 saturated heterocycles. The largest absolute Gasteiger partial charge is 0.480 e. The number of ether oxygens (including phenoxy) is 2. The van der Waals surface area contributed by atoms with E-state index in [0.29, 0.717) is 50.8 Å². The third-order valence-corrected chi connectivity index (χ3v) is 12.9. The predicted molar refractivity (Wildman–Crippen MR) is 224 cm³/mol. The number of likely N-dealkylation sites (tertiary alicyclic amines) is 1. The van der Waals surface area contributed by atoms with Gasteiger partial charge in [0.2, 0.25) is 17.8 Å². The Hall–Kier alpha value is -5.45. The van der Waals surface area contributed by atoms with E-state index in [1.165, 1.54) is 11.8 Å². The standard InChI is InChI=1S/C44H50ClFN8O7/c1-24-3-4-28(17-27(24)18-37(25(2)55)60-23-38(47)56)49-41-35(45)21-48-44(51-41)53-15-11-30(12-16-53)61-31-19-29(20-31)52-13-9-26(10-14-52)32-5-6-33-34(40(32)46)22-54(43(33)59)36-7-8-39(57)50-42(36)58/h3-6,17-18,21,26,29-31,36H,7-16,19-20,22-23H2,1-2H3,(H2,47,56)(H,48,49,51)(H,50,57,58)/b37-18+/t29-,31-,36?. The fourth-order valence-corrected chi connectivity index (χ4v) is 9.21. The summed E-state index contributed by atoms with van der Waals surface area (Å²) < 4.78 is 27.9. The van der Waals surface area contributed by atoms with E-state index < -0.39 is 24.5 Å². The summed E-state index contributed by atoms with van der Waals surface area (Å²) in [4.78, 5) is 75.9. The molecule has 17 heteroatoms. The van der Waals surface area contributed by atoms with Crippen LogP contribution in [0.1, 0.15) is 96.8 Å². The van der Waals surface area contributed by atoms with Crippen molar-refractivity contribution in [1.29, 1.82) is 0 Å². The van der Waals surface area contributed by atoms with Gasteiger partial charge in [0.15, 0.2) is 24.0 Å². The van der Waals surface area contributed by atoms with Gasteiger partial charge in [0.05, 0.1) is 24.9 Å². The van der Waals surface area contributed by atoms with Gasteiger partial charge in [-0.1, -0.05) is 23.7 Å². The summed E-state index contributed by atoms with van der Waals surface area (Å²) in [5.41, 5.74) is 8.77. The van der Waals surface area contributed by atoms with Gasteiger partial charge in [-0.25, -0.2) is 9.37 Å². The van der Waals surface area contributed by atoms with E-state index in [1.54, 1.807) is 24.4 Å². The Morgan fingerprint density at radius 1 is 1.03 bits per heavy atom. The molecule has 0 spiro atoms. The number of nitrogens with two attached hydrogens (primary N) is 1. The molecule has 322 valence electrons. The van der Waals surface area contributed by atoms with Crippen molar-refractivity contribution in [3.8, 4) is 0 Å². The number of nitrogens with one attached hydrogen (secondary N) is 2. The predicted octanol–water partition coefficient (Wildman–Crippen LogP) is 4.91. The molecule has 5 heterocycles. The van der Waals surface area contributed by atoms with E-state index >= 15 is 4.39 Å². The van der Waals surface area contributed by atoms with Crippen LogP contribution in [0.3, 0.4) is 0 Å². The minimum Gasteiger partial charge on any atom is -0.480 e. The van der Waals surface area contributed by atoms with Crippen LogP contribution >= 0.6 is 11.6 Å². The number of carbonyl (C=O) groups is 5. The van der Waals surface area contributed by atoms with Gasteiger partial charge >= 0.3 is 0 Å². The fraction of sp³-hybridized carbons (Fsp3) is 0.477. The Morgan fingerprint density at radius 2 is 1.79 bits per heavy atom. The number of nitrogens with zero attached hydrogens (tertiary/aromatic N) is 5. The normalized spacial score (nSPS) is 22.8. The van der Waals surface area contributed by atoms with Crippen LogP contribution in [0.2, 0.25) is 5.02 Å². The minimum atomic E-state index is -0.769. The molecule has 2 aromatic carbocycles. The molecule has 3 aromatic rings. The van der Waals surface area contributed by atoms with E-state index in [-0.39, 0.29) is 66.7 Å². The van der Waals surface area contributed by atoms with Crippen LogP contribution in [0, 0.1) is 12.7 Å². The third kappa shape index (κ3) is 9.26. The van der Waals surface area contributed by atoms with Gasteiger partial charge in [0.25, 0.3) is 11.8 Å². The molecule has 0 radical (unpaired) electrons. The Bertz CT molecular complexity index is 2270. The van der Waals surface area contributed by atoms with Crippen LogP contribution in [0.5, 0.6) is 0 Å². The van der Waals surface area contributed by atoms with Crippen molar-refractivity contribution in [3.63, 3.8) is 0 Å². The number of ketones is 1. The lowest BCUT2D eigenvalue weighted by atomic mass is 9.83. The second-order valence-electron chi connectivity index (χ2n) is 16.7. The number of primary amides is 1. The Morgan fingerprint density at radius 3 is 2.49 bits per heavy atom. The molecule has 4 N–H and O–H groups in total. The van der Waals surface area contributed by atoms with Gasteiger partial charge in [0.1, 0.15) is 16.9 Å². The Balaban J connectivity index is 0.790. The Labute approximate surface area is 358 Å². The number of fused-ring (bicyclic) bond motifs is 1. The zero-order chi connectivity index (χ0) is 42.9. The number of anilines is 3. The number of benzene rings is 2. The first-order chi connectivity index (χ1) is 29.3. The first-order valence-electron chi connectivity index (χ1n) is 21.0. The lowest BCUT2D eigenvalue weighted by Crippen LogP contribution is -2.52. The van der Waals surface area contributed by atoms with Crippen molar-refractivity contribution in [2.75, 3.05) is 43.0 Å². The number of piperidine rings is 3. The molecule has 5 aliphatic rings. The molecule has 4 amide bonds. The van der Waals surface area contributed by atoms with Crippen molar-refractivity contribution >= 4 is 64.5 Å². The van der Waals surface area contributed by atoms with E-state index in [4.69, 9.17) is 31.8 Å². The van der Waals surface area contributed by atoms with Crippen molar-refractivity contribution < 1.29 is 37.8 Å². The number of hydrogen-bond acceptors (Lipinski definition) is 12. The second-order valence-corrected chi connectivity index (χ2v) is 17.1. The van der Waals surface area contributed by atoms with E-state index in [2.05, 4.69) is 25.4 Å². The highest BCUT2D eigenvalue weighted by Crippen LogP contribution is 2.39. The number of rotatable bonds is 13. The summed E-state index contributed by atoms with van der Waals surface area (Å²) in [5.74, 6) is -1.49. The quantitative estimate of drug-likeness (QED) is 0.120. The van der Waals surface area contributed by atoms with Gasteiger partial charge in [-0.3, -0.25) is 29.3 Å². The van der Waals surface area contributed by atoms with Gasteiger partial charge in [0, 0.05) is 49.3 Å². The molecule has 1 aliphatic carbocycles. The molecule has 1 aromatic heterocycles. The molecule has 8 rings (SSSR count). The highest BCUT2D eigenvalue weighted by atomic mass is 35.5. The van der Waals surface area contributed by atoms with Crippen molar-refractivity contribution in [1.82, 2.24) is 25.1 Å². The zero-order valence-corrected chi connectivity index (χ0v) is 35.0. The number of aromatic nitrogens is 2. The van der Waals surface area contributed by atoms with E-state index in [9.17, 15) is 24.0 Å². The molecule has 1 unspecified atom stereocenters. The Kier molecular flexibility index (Phi) is 12.4. The van der Waals surface area contributed by atoms with Crippen molar-refractivity contribution in [2.45, 2.75) is 102 Å². The molecule has 1 atom stereocenters. The minimum absolute atomic E-state index is 0.0269. The number of amides is 4.